The highest BCUT2D eigenvalue weighted by Crippen LogP contribution is 2.39. The number of hydrogen-bond acceptors (Lipinski definition) is 2. The zero-order valence-corrected chi connectivity index (χ0v) is 17.1. The lowest BCUT2D eigenvalue weighted by molar-refractivity contribution is 1.29. The first kappa shape index (κ1) is 17.3. The lowest BCUT2D eigenvalue weighted by Gasteiger charge is -2.25. The van der Waals surface area contributed by atoms with Crippen molar-refractivity contribution >= 4 is 59.3 Å². The van der Waals surface area contributed by atoms with Gasteiger partial charge in [-0.2, -0.15) is 0 Å². The summed E-state index contributed by atoms with van der Waals surface area (Å²) in [6, 6.07) is 41.2. The van der Waals surface area contributed by atoms with Gasteiger partial charge in [-0.1, -0.05) is 60.7 Å². The standard InChI is InChI=1S/C28H19NS/c1-3-9-22(10-4-1)29(23-11-5-2-6-12-23)24-16-15-20-18-26-25-13-7-8-14-27(25)30-28(26)19-21(20)17-24/h1-19H. The number of para-hydroxylation sites is 2. The summed E-state index contributed by atoms with van der Waals surface area (Å²) < 4.78 is 2.69. The topological polar surface area (TPSA) is 3.24 Å². The molecule has 0 spiro atoms. The van der Waals surface area contributed by atoms with Crippen LogP contribution in [-0.2, 0) is 0 Å². The number of hydrogen-bond donors (Lipinski definition) is 0. The molecule has 142 valence electrons. The number of thiophene rings is 1. The molecular weight excluding hydrogens is 382 g/mol. The van der Waals surface area contributed by atoms with Gasteiger partial charge < -0.3 is 4.90 Å². The van der Waals surface area contributed by atoms with Gasteiger partial charge in [-0.3, -0.25) is 0 Å². The van der Waals surface area contributed by atoms with E-state index >= 15 is 0 Å². The maximum absolute atomic E-state index is 2.34. The SMILES string of the molecule is c1ccc(N(c2ccccc2)c2ccc3cc4c(cc3c2)sc2ccccc24)cc1. The number of anilines is 3. The minimum absolute atomic E-state index is 1.16. The predicted octanol–water partition coefficient (Wildman–Crippen LogP) is 8.68. The van der Waals surface area contributed by atoms with Crippen LogP contribution in [0.5, 0.6) is 0 Å². The van der Waals surface area contributed by atoms with Crippen LogP contribution in [0.2, 0.25) is 0 Å². The van der Waals surface area contributed by atoms with Crippen molar-refractivity contribution in [1.82, 2.24) is 0 Å². The molecule has 6 aromatic rings. The molecule has 1 nitrogen and oxygen atoms in total. The summed E-state index contributed by atoms with van der Waals surface area (Å²) in [4.78, 5) is 2.31. The van der Waals surface area contributed by atoms with Crippen molar-refractivity contribution in [2.24, 2.45) is 0 Å². The molecule has 6 rings (SSSR count). The van der Waals surface area contributed by atoms with Crippen LogP contribution in [0.3, 0.4) is 0 Å². The van der Waals surface area contributed by atoms with Crippen LogP contribution in [0.25, 0.3) is 30.9 Å². The molecule has 1 heterocycles. The van der Waals surface area contributed by atoms with Crippen molar-refractivity contribution in [3.05, 3.63) is 115 Å². The van der Waals surface area contributed by atoms with Crippen molar-refractivity contribution in [2.45, 2.75) is 0 Å². The van der Waals surface area contributed by atoms with E-state index in [0.29, 0.717) is 0 Å². The van der Waals surface area contributed by atoms with E-state index in [1.54, 1.807) is 0 Å². The highest BCUT2D eigenvalue weighted by atomic mass is 32.1. The zero-order valence-electron chi connectivity index (χ0n) is 16.3. The average molecular weight is 402 g/mol. The number of fused-ring (bicyclic) bond motifs is 4. The minimum atomic E-state index is 1.16. The molecule has 2 heteroatoms. The molecule has 0 aliphatic heterocycles. The summed E-state index contributed by atoms with van der Waals surface area (Å²) in [7, 11) is 0. The Morgan fingerprint density at radius 1 is 0.433 bits per heavy atom. The number of nitrogens with zero attached hydrogens (tertiary/aromatic N) is 1. The molecular formula is C28H19NS. The zero-order chi connectivity index (χ0) is 19.9. The van der Waals surface area contributed by atoms with Gasteiger partial charge >= 0.3 is 0 Å². The summed E-state index contributed by atoms with van der Waals surface area (Å²) in [6.07, 6.45) is 0. The molecule has 30 heavy (non-hydrogen) atoms. The molecule has 0 radical (unpaired) electrons. The fourth-order valence-corrected chi connectivity index (χ4v) is 5.33. The van der Waals surface area contributed by atoms with E-state index in [1.165, 1.54) is 36.6 Å². The second kappa shape index (κ2) is 7.01. The van der Waals surface area contributed by atoms with E-state index < -0.39 is 0 Å². The molecule has 0 aliphatic carbocycles. The van der Waals surface area contributed by atoms with E-state index in [-0.39, 0.29) is 0 Å². The van der Waals surface area contributed by atoms with Gasteiger partial charge in [0.25, 0.3) is 0 Å². The van der Waals surface area contributed by atoms with E-state index in [4.69, 9.17) is 0 Å². The van der Waals surface area contributed by atoms with E-state index in [9.17, 15) is 0 Å². The molecule has 0 atom stereocenters. The Labute approximate surface area is 179 Å². The molecule has 0 fully saturated rings. The Balaban J connectivity index is 1.56. The fourth-order valence-electron chi connectivity index (χ4n) is 4.20. The predicted molar refractivity (Wildman–Crippen MR) is 132 cm³/mol. The number of rotatable bonds is 3. The van der Waals surface area contributed by atoms with E-state index in [1.807, 2.05) is 11.3 Å². The third kappa shape index (κ3) is 2.85. The first-order valence-electron chi connectivity index (χ1n) is 10.1. The van der Waals surface area contributed by atoms with Gasteiger partial charge in [0.2, 0.25) is 0 Å². The van der Waals surface area contributed by atoms with Gasteiger partial charge in [0.1, 0.15) is 0 Å². The normalized spacial score (nSPS) is 11.3. The Hall–Kier alpha value is -3.62. The monoisotopic (exact) mass is 401 g/mol. The van der Waals surface area contributed by atoms with Crippen molar-refractivity contribution in [3.8, 4) is 0 Å². The average Bonchev–Trinajstić information content (AvgIpc) is 3.16. The summed E-state index contributed by atoms with van der Waals surface area (Å²) >= 11 is 1.87. The molecule has 5 aromatic carbocycles. The Morgan fingerprint density at radius 2 is 1.10 bits per heavy atom. The van der Waals surface area contributed by atoms with E-state index in [2.05, 4.69) is 120 Å². The maximum atomic E-state index is 2.34. The van der Waals surface area contributed by atoms with Gasteiger partial charge in [-0.05, 0) is 65.4 Å². The summed E-state index contributed by atoms with van der Waals surface area (Å²) in [6.45, 7) is 0. The molecule has 0 aliphatic rings. The molecule has 0 saturated carbocycles. The molecule has 1 aromatic heterocycles. The van der Waals surface area contributed by atoms with Crippen LogP contribution in [-0.4, -0.2) is 0 Å². The van der Waals surface area contributed by atoms with Crippen LogP contribution in [0.4, 0.5) is 17.1 Å². The van der Waals surface area contributed by atoms with E-state index in [0.717, 1.165) is 11.4 Å². The third-order valence-corrected chi connectivity index (χ3v) is 6.74. The van der Waals surface area contributed by atoms with Crippen molar-refractivity contribution in [3.63, 3.8) is 0 Å². The van der Waals surface area contributed by atoms with Crippen LogP contribution in [0.15, 0.2) is 115 Å². The number of benzene rings is 5. The lowest BCUT2D eigenvalue weighted by atomic mass is 10.0. The first-order valence-corrected chi connectivity index (χ1v) is 10.9. The van der Waals surface area contributed by atoms with Gasteiger partial charge in [0, 0.05) is 37.2 Å². The molecule has 0 saturated heterocycles. The van der Waals surface area contributed by atoms with Crippen LogP contribution >= 0.6 is 11.3 Å². The van der Waals surface area contributed by atoms with Gasteiger partial charge in [-0.15, -0.1) is 11.3 Å². The van der Waals surface area contributed by atoms with Crippen molar-refractivity contribution in [1.29, 1.82) is 0 Å². The van der Waals surface area contributed by atoms with Crippen molar-refractivity contribution in [2.75, 3.05) is 4.90 Å². The lowest BCUT2D eigenvalue weighted by Crippen LogP contribution is -2.09. The summed E-state index contributed by atoms with van der Waals surface area (Å²) in [5, 5.41) is 5.23. The quantitative estimate of drug-likeness (QED) is 0.287. The highest BCUT2D eigenvalue weighted by molar-refractivity contribution is 7.25. The maximum Gasteiger partial charge on any atom is 0.0468 e. The highest BCUT2D eigenvalue weighted by Gasteiger charge is 2.13. The second-order valence-electron chi connectivity index (χ2n) is 7.48. The Bertz CT molecular complexity index is 1440. The molecule has 0 N–H and O–H groups in total. The smallest absolute Gasteiger partial charge is 0.0468 e. The van der Waals surface area contributed by atoms with Gasteiger partial charge in [0.05, 0.1) is 0 Å². The largest absolute Gasteiger partial charge is 0.310 e. The molecule has 0 bridgehead atoms. The van der Waals surface area contributed by atoms with Gasteiger partial charge in [-0.25, -0.2) is 0 Å². The summed E-state index contributed by atoms with van der Waals surface area (Å²) in [5.41, 5.74) is 3.48. The van der Waals surface area contributed by atoms with Crippen LogP contribution in [0, 0.1) is 0 Å². The first-order chi connectivity index (χ1) is 14.9. The Kier molecular flexibility index (Phi) is 4.03. The Morgan fingerprint density at radius 3 is 1.83 bits per heavy atom. The third-order valence-electron chi connectivity index (χ3n) is 5.61. The van der Waals surface area contributed by atoms with Gasteiger partial charge in [0.15, 0.2) is 0 Å². The second-order valence-corrected chi connectivity index (χ2v) is 8.57. The minimum Gasteiger partial charge on any atom is -0.310 e. The molecule has 0 amide bonds. The van der Waals surface area contributed by atoms with Crippen LogP contribution in [0.1, 0.15) is 0 Å². The fraction of sp³-hybridized carbons (Fsp3) is 0. The molecule has 0 unspecified atom stereocenters. The summed E-state index contributed by atoms with van der Waals surface area (Å²) in [5.74, 6) is 0. The van der Waals surface area contributed by atoms with Crippen LogP contribution < -0.4 is 4.90 Å². The van der Waals surface area contributed by atoms with Crippen molar-refractivity contribution < 1.29 is 0 Å².